The molecule has 0 radical (unpaired) electrons. The average molecular weight is 240 g/mol. The summed E-state index contributed by atoms with van der Waals surface area (Å²) in [5, 5.41) is 6.67. The summed E-state index contributed by atoms with van der Waals surface area (Å²) in [7, 11) is 0. The van der Waals surface area contributed by atoms with Crippen LogP contribution in [0.4, 0.5) is 5.95 Å². The van der Waals surface area contributed by atoms with Crippen molar-refractivity contribution in [2.45, 2.75) is 12.5 Å². The van der Waals surface area contributed by atoms with Gasteiger partial charge in [-0.3, -0.25) is 0 Å². The van der Waals surface area contributed by atoms with Gasteiger partial charge in [0.25, 0.3) is 0 Å². The van der Waals surface area contributed by atoms with Gasteiger partial charge in [-0.05, 0) is 25.1 Å². The van der Waals surface area contributed by atoms with Crippen molar-refractivity contribution in [3.63, 3.8) is 0 Å². The Morgan fingerprint density at radius 3 is 3.12 bits per heavy atom. The molecule has 2 aromatic rings. The largest absolute Gasteiger partial charge is 0.352 e. The van der Waals surface area contributed by atoms with Gasteiger partial charge < -0.3 is 15.6 Å². The number of halogens is 1. The van der Waals surface area contributed by atoms with Crippen molar-refractivity contribution in [1.29, 1.82) is 0 Å². The first-order valence-corrected chi connectivity index (χ1v) is 5.20. The summed E-state index contributed by atoms with van der Waals surface area (Å²) in [5.41, 5.74) is 1.75. The van der Waals surface area contributed by atoms with Gasteiger partial charge in [-0.1, -0.05) is 0 Å². The summed E-state index contributed by atoms with van der Waals surface area (Å²) in [4.78, 5) is 11.8. The Hall–Kier alpha value is -1.33. The van der Waals surface area contributed by atoms with Gasteiger partial charge >= 0.3 is 0 Å². The number of fused-ring (bicyclic) bond motifs is 1. The second kappa shape index (κ2) is 4.67. The normalized spacial score (nSPS) is 19.6. The number of rotatable bonds is 2. The molecule has 1 atom stereocenters. The highest BCUT2D eigenvalue weighted by atomic mass is 35.5. The van der Waals surface area contributed by atoms with Gasteiger partial charge in [-0.15, -0.1) is 12.4 Å². The molecule has 0 amide bonds. The van der Waals surface area contributed by atoms with Gasteiger partial charge in [-0.2, -0.15) is 4.98 Å². The van der Waals surface area contributed by atoms with E-state index in [-0.39, 0.29) is 12.4 Å². The maximum Gasteiger partial charge on any atom is 0.202 e. The maximum absolute atomic E-state index is 4.37. The number of nitrogens with zero attached hydrogens (tertiary/aromatic N) is 2. The van der Waals surface area contributed by atoms with Crippen molar-refractivity contribution in [2.75, 3.05) is 18.4 Å². The molecular weight excluding hydrogens is 226 g/mol. The molecule has 1 aliphatic heterocycles. The fraction of sp³-hybridized carbons (Fsp3) is 0.400. The highest BCUT2D eigenvalue weighted by molar-refractivity contribution is 5.85. The van der Waals surface area contributed by atoms with Crippen molar-refractivity contribution in [2.24, 2.45) is 0 Å². The topological polar surface area (TPSA) is 65.6 Å². The molecule has 16 heavy (non-hydrogen) atoms. The molecule has 0 unspecified atom stereocenters. The van der Waals surface area contributed by atoms with Crippen LogP contribution >= 0.6 is 12.4 Å². The van der Waals surface area contributed by atoms with Crippen molar-refractivity contribution in [3.8, 4) is 0 Å². The molecular formula is C10H14ClN5. The summed E-state index contributed by atoms with van der Waals surface area (Å²) in [6.45, 7) is 2.08. The number of imidazole rings is 1. The van der Waals surface area contributed by atoms with Crippen LogP contribution in [-0.4, -0.2) is 34.1 Å². The molecule has 1 aliphatic rings. The number of pyridine rings is 1. The van der Waals surface area contributed by atoms with Crippen LogP contribution in [0, 0.1) is 0 Å². The molecule has 1 fully saturated rings. The second-order valence-electron chi connectivity index (χ2n) is 3.79. The molecule has 3 heterocycles. The molecule has 0 bridgehead atoms. The van der Waals surface area contributed by atoms with E-state index in [1.54, 1.807) is 6.20 Å². The highest BCUT2D eigenvalue weighted by Crippen LogP contribution is 2.13. The Bertz CT molecular complexity index is 430. The molecule has 2 aromatic heterocycles. The lowest BCUT2D eigenvalue weighted by atomic mass is 10.3. The van der Waals surface area contributed by atoms with Gasteiger partial charge in [0.15, 0.2) is 5.65 Å². The average Bonchev–Trinajstić information content (AvgIpc) is 2.86. The molecule has 3 rings (SSSR count). The van der Waals surface area contributed by atoms with Gasteiger partial charge in [0.1, 0.15) is 0 Å². The molecule has 0 saturated carbocycles. The summed E-state index contributed by atoms with van der Waals surface area (Å²) in [6.07, 6.45) is 2.90. The quantitative estimate of drug-likeness (QED) is 0.736. The Kier molecular flexibility index (Phi) is 3.26. The highest BCUT2D eigenvalue weighted by Gasteiger charge is 2.15. The Balaban J connectivity index is 0.000000963. The van der Waals surface area contributed by atoms with Crippen molar-refractivity contribution in [1.82, 2.24) is 20.3 Å². The summed E-state index contributed by atoms with van der Waals surface area (Å²) < 4.78 is 0. The van der Waals surface area contributed by atoms with Crippen LogP contribution in [0.3, 0.4) is 0 Å². The van der Waals surface area contributed by atoms with E-state index in [4.69, 9.17) is 0 Å². The zero-order valence-corrected chi connectivity index (χ0v) is 9.55. The number of anilines is 1. The molecule has 3 N–H and O–H groups in total. The number of aromatic amines is 1. The lowest BCUT2D eigenvalue weighted by molar-refractivity contribution is 0.784. The summed E-state index contributed by atoms with van der Waals surface area (Å²) in [6, 6.07) is 4.36. The molecule has 0 spiro atoms. The van der Waals surface area contributed by atoms with Crippen molar-refractivity contribution in [3.05, 3.63) is 18.3 Å². The van der Waals surface area contributed by atoms with Crippen LogP contribution in [0.2, 0.25) is 0 Å². The monoisotopic (exact) mass is 239 g/mol. The second-order valence-corrected chi connectivity index (χ2v) is 3.79. The lowest BCUT2D eigenvalue weighted by Gasteiger charge is -2.08. The first-order chi connectivity index (χ1) is 7.42. The number of nitrogens with one attached hydrogen (secondary N) is 3. The third-order valence-electron chi connectivity index (χ3n) is 2.66. The standard InChI is InChI=1S/C10H13N5.ClH/c1-2-8-9(12-4-1)15-10(14-8)13-7-3-5-11-6-7;/h1-2,4,7,11H,3,5-6H2,(H2,12,13,14,15);1H/t7-;/m1./s1. The minimum absolute atomic E-state index is 0. The number of hydrogen-bond acceptors (Lipinski definition) is 4. The van der Waals surface area contributed by atoms with Crippen LogP contribution < -0.4 is 10.6 Å². The third kappa shape index (κ3) is 2.10. The van der Waals surface area contributed by atoms with Gasteiger partial charge in [0, 0.05) is 18.8 Å². The zero-order chi connectivity index (χ0) is 10.1. The van der Waals surface area contributed by atoms with Crippen LogP contribution in [0.15, 0.2) is 18.3 Å². The third-order valence-corrected chi connectivity index (χ3v) is 2.66. The fourth-order valence-corrected chi connectivity index (χ4v) is 1.88. The van der Waals surface area contributed by atoms with E-state index in [1.165, 1.54) is 0 Å². The molecule has 0 aromatic carbocycles. The van der Waals surface area contributed by atoms with E-state index in [0.29, 0.717) is 6.04 Å². The van der Waals surface area contributed by atoms with E-state index in [0.717, 1.165) is 36.6 Å². The molecule has 0 aliphatic carbocycles. The number of aromatic nitrogens is 3. The zero-order valence-electron chi connectivity index (χ0n) is 8.73. The predicted molar refractivity (Wildman–Crippen MR) is 66.0 cm³/mol. The van der Waals surface area contributed by atoms with Crippen molar-refractivity contribution >= 4 is 29.5 Å². The van der Waals surface area contributed by atoms with Gasteiger partial charge in [0.2, 0.25) is 5.95 Å². The summed E-state index contributed by atoms with van der Waals surface area (Å²) in [5.74, 6) is 0.817. The molecule has 6 heteroatoms. The minimum Gasteiger partial charge on any atom is -0.352 e. The fourth-order valence-electron chi connectivity index (χ4n) is 1.88. The number of hydrogen-bond donors (Lipinski definition) is 3. The van der Waals surface area contributed by atoms with Crippen LogP contribution in [-0.2, 0) is 0 Å². The lowest BCUT2D eigenvalue weighted by Crippen LogP contribution is -2.22. The van der Waals surface area contributed by atoms with Crippen LogP contribution in [0.25, 0.3) is 11.2 Å². The first-order valence-electron chi connectivity index (χ1n) is 5.20. The van der Waals surface area contributed by atoms with Crippen molar-refractivity contribution < 1.29 is 0 Å². The van der Waals surface area contributed by atoms with E-state index in [9.17, 15) is 0 Å². The van der Waals surface area contributed by atoms with E-state index < -0.39 is 0 Å². The van der Waals surface area contributed by atoms with E-state index in [2.05, 4.69) is 25.6 Å². The predicted octanol–water partition coefficient (Wildman–Crippen LogP) is 1.15. The Morgan fingerprint density at radius 2 is 2.38 bits per heavy atom. The minimum atomic E-state index is 0. The van der Waals surface area contributed by atoms with Crippen LogP contribution in [0.5, 0.6) is 0 Å². The molecule has 1 saturated heterocycles. The van der Waals surface area contributed by atoms with Crippen LogP contribution in [0.1, 0.15) is 6.42 Å². The van der Waals surface area contributed by atoms with E-state index in [1.807, 2.05) is 12.1 Å². The molecule has 5 nitrogen and oxygen atoms in total. The Morgan fingerprint density at radius 1 is 1.44 bits per heavy atom. The van der Waals surface area contributed by atoms with Gasteiger partial charge in [0.05, 0.1) is 5.52 Å². The SMILES string of the molecule is Cl.c1cnc2nc(N[C@@H]3CCNC3)[nH]c2c1. The number of H-pyrrole nitrogens is 1. The molecule has 86 valence electrons. The Labute approximate surface area is 99.5 Å². The smallest absolute Gasteiger partial charge is 0.202 e. The summed E-state index contributed by atoms with van der Waals surface area (Å²) >= 11 is 0. The first kappa shape index (κ1) is 11.2. The van der Waals surface area contributed by atoms with Gasteiger partial charge in [-0.25, -0.2) is 4.98 Å². The van der Waals surface area contributed by atoms with E-state index >= 15 is 0 Å². The maximum atomic E-state index is 4.37.